The van der Waals surface area contributed by atoms with Crippen molar-refractivity contribution in [2.24, 2.45) is 0 Å². The van der Waals surface area contributed by atoms with Gasteiger partial charge in [0.15, 0.2) is 5.76 Å². The number of furan rings is 1. The zero-order valence-electron chi connectivity index (χ0n) is 16.4. The van der Waals surface area contributed by atoms with Gasteiger partial charge in [-0.3, -0.25) is 9.59 Å². The maximum Gasteiger partial charge on any atom is 0.417 e. The average Bonchev–Trinajstić information content (AvgIpc) is 3.20. The summed E-state index contributed by atoms with van der Waals surface area (Å²) < 4.78 is 45.4. The van der Waals surface area contributed by atoms with Crippen molar-refractivity contribution in [3.8, 4) is 0 Å². The lowest BCUT2D eigenvalue weighted by Gasteiger charge is -2.27. The molecule has 0 saturated carbocycles. The molecule has 5 nitrogen and oxygen atoms in total. The molecule has 0 spiro atoms. The van der Waals surface area contributed by atoms with Gasteiger partial charge in [0.1, 0.15) is 5.76 Å². The molecule has 31 heavy (non-hydrogen) atoms. The number of fused-ring (bicyclic) bond motifs is 1. The standard InChI is InChI=1S/C23H19F3N2O3/c24-23(25,26)18-9-5-4-8-17(18)22(30)28-11-10-16-12-19(31-20(16)14-28)21(29)27-13-15-6-2-1-3-7-15/h1-9,12H,10-11,13-14H2,(H,27,29). The Morgan fingerprint density at radius 2 is 1.74 bits per heavy atom. The Kier molecular flexibility index (Phi) is 5.54. The number of rotatable bonds is 4. The van der Waals surface area contributed by atoms with E-state index in [1.165, 1.54) is 23.1 Å². The third kappa shape index (κ3) is 4.47. The predicted molar refractivity (Wildman–Crippen MR) is 106 cm³/mol. The minimum atomic E-state index is -4.62. The normalized spacial score (nSPS) is 13.6. The summed E-state index contributed by atoms with van der Waals surface area (Å²) in [7, 11) is 0. The van der Waals surface area contributed by atoms with Gasteiger partial charge in [-0.15, -0.1) is 0 Å². The van der Waals surface area contributed by atoms with E-state index in [0.29, 0.717) is 18.7 Å². The molecule has 8 heteroatoms. The quantitative estimate of drug-likeness (QED) is 0.669. The molecule has 0 unspecified atom stereocenters. The van der Waals surface area contributed by atoms with Gasteiger partial charge in [0.05, 0.1) is 17.7 Å². The first-order chi connectivity index (χ1) is 14.8. The van der Waals surface area contributed by atoms with Gasteiger partial charge in [0.2, 0.25) is 0 Å². The fourth-order valence-electron chi connectivity index (χ4n) is 3.56. The number of benzene rings is 2. The molecule has 1 aliphatic heterocycles. The van der Waals surface area contributed by atoms with Gasteiger partial charge in [0, 0.05) is 13.1 Å². The van der Waals surface area contributed by atoms with Crippen molar-refractivity contribution in [3.05, 3.63) is 94.4 Å². The van der Waals surface area contributed by atoms with Crippen molar-refractivity contribution in [3.63, 3.8) is 0 Å². The molecule has 0 saturated heterocycles. The van der Waals surface area contributed by atoms with Gasteiger partial charge in [-0.2, -0.15) is 13.2 Å². The van der Waals surface area contributed by atoms with Crippen molar-refractivity contribution in [1.29, 1.82) is 0 Å². The van der Waals surface area contributed by atoms with Crippen molar-refractivity contribution in [1.82, 2.24) is 10.2 Å². The van der Waals surface area contributed by atoms with E-state index in [1.807, 2.05) is 30.3 Å². The van der Waals surface area contributed by atoms with Crippen LogP contribution in [0.4, 0.5) is 13.2 Å². The molecule has 0 fully saturated rings. The topological polar surface area (TPSA) is 62.6 Å². The largest absolute Gasteiger partial charge is 0.454 e. The molecule has 0 radical (unpaired) electrons. The molecule has 1 aromatic heterocycles. The highest BCUT2D eigenvalue weighted by Gasteiger charge is 2.36. The molecule has 1 aliphatic rings. The van der Waals surface area contributed by atoms with Crippen LogP contribution in [0, 0.1) is 0 Å². The first-order valence-electron chi connectivity index (χ1n) is 9.72. The second-order valence-electron chi connectivity index (χ2n) is 7.25. The van der Waals surface area contributed by atoms with Crippen LogP contribution in [0.1, 0.15) is 43.4 Å². The van der Waals surface area contributed by atoms with Crippen LogP contribution in [0.2, 0.25) is 0 Å². The lowest BCUT2D eigenvalue weighted by atomic mass is 10.0. The van der Waals surface area contributed by atoms with Crippen LogP contribution >= 0.6 is 0 Å². The van der Waals surface area contributed by atoms with Crippen LogP contribution < -0.4 is 5.32 Å². The number of hydrogen-bond donors (Lipinski definition) is 1. The zero-order chi connectivity index (χ0) is 22.0. The number of amides is 2. The molecule has 160 valence electrons. The van der Waals surface area contributed by atoms with Crippen LogP contribution in [-0.2, 0) is 25.7 Å². The van der Waals surface area contributed by atoms with E-state index in [0.717, 1.165) is 17.2 Å². The first-order valence-corrected chi connectivity index (χ1v) is 9.72. The molecule has 0 bridgehead atoms. The van der Waals surface area contributed by atoms with Crippen LogP contribution in [0.15, 0.2) is 65.1 Å². The third-order valence-electron chi connectivity index (χ3n) is 5.15. The smallest absolute Gasteiger partial charge is 0.417 e. The highest BCUT2D eigenvalue weighted by atomic mass is 19.4. The molecule has 2 amide bonds. The van der Waals surface area contributed by atoms with Gasteiger partial charge in [0.25, 0.3) is 11.8 Å². The fourth-order valence-corrected chi connectivity index (χ4v) is 3.56. The Morgan fingerprint density at radius 1 is 1.03 bits per heavy atom. The minimum absolute atomic E-state index is 0.00627. The summed E-state index contributed by atoms with van der Waals surface area (Å²) in [5.41, 5.74) is 0.349. The Balaban J connectivity index is 1.47. The molecule has 2 heterocycles. The van der Waals surface area contributed by atoms with Gasteiger partial charge in [-0.25, -0.2) is 0 Å². The number of halogens is 3. The Morgan fingerprint density at radius 3 is 2.48 bits per heavy atom. The molecule has 0 aliphatic carbocycles. The molecule has 3 aromatic rings. The Hall–Kier alpha value is -3.55. The highest BCUT2D eigenvalue weighted by Crippen LogP contribution is 2.33. The Labute approximate surface area is 176 Å². The molecule has 0 atom stereocenters. The zero-order valence-corrected chi connectivity index (χ0v) is 16.4. The van der Waals surface area contributed by atoms with E-state index in [4.69, 9.17) is 4.42 Å². The second-order valence-corrected chi connectivity index (χ2v) is 7.25. The molecular formula is C23H19F3N2O3. The van der Waals surface area contributed by atoms with Crippen molar-refractivity contribution in [2.75, 3.05) is 6.54 Å². The lowest BCUT2D eigenvalue weighted by molar-refractivity contribution is -0.138. The summed E-state index contributed by atoms with van der Waals surface area (Å²) in [6.45, 7) is 0.582. The van der Waals surface area contributed by atoms with E-state index in [2.05, 4.69) is 5.32 Å². The number of carbonyl (C=O) groups excluding carboxylic acids is 2. The average molecular weight is 428 g/mol. The van der Waals surface area contributed by atoms with Crippen LogP contribution in [-0.4, -0.2) is 23.3 Å². The third-order valence-corrected chi connectivity index (χ3v) is 5.15. The van der Waals surface area contributed by atoms with E-state index in [1.54, 1.807) is 6.07 Å². The SMILES string of the molecule is O=C(NCc1ccccc1)c1cc2c(o1)CN(C(=O)c1ccccc1C(F)(F)F)CC2. The lowest BCUT2D eigenvalue weighted by Crippen LogP contribution is -2.36. The van der Waals surface area contributed by atoms with E-state index < -0.39 is 29.1 Å². The number of hydrogen-bond acceptors (Lipinski definition) is 3. The highest BCUT2D eigenvalue weighted by molar-refractivity contribution is 5.96. The van der Waals surface area contributed by atoms with E-state index >= 15 is 0 Å². The van der Waals surface area contributed by atoms with E-state index in [9.17, 15) is 22.8 Å². The summed E-state index contributed by atoms with van der Waals surface area (Å²) in [6.07, 6.45) is -4.23. The number of carbonyl (C=O) groups is 2. The van der Waals surface area contributed by atoms with Crippen LogP contribution in [0.25, 0.3) is 0 Å². The van der Waals surface area contributed by atoms with Crippen molar-refractivity contribution < 1.29 is 27.2 Å². The first kappa shape index (κ1) is 20.7. The van der Waals surface area contributed by atoms with Crippen molar-refractivity contribution >= 4 is 11.8 Å². The van der Waals surface area contributed by atoms with Gasteiger partial charge < -0.3 is 14.6 Å². The van der Waals surface area contributed by atoms with Gasteiger partial charge >= 0.3 is 6.18 Å². The summed E-state index contributed by atoms with van der Waals surface area (Å²) in [5, 5.41) is 2.77. The van der Waals surface area contributed by atoms with Gasteiger partial charge in [-0.05, 0) is 35.7 Å². The summed E-state index contributed by atoms with van der Waals surface area (Å²) >= 11 is 0. The summed E-state index contributed by atoms with van der Waals surface area (Å²) in [5.74, 6) is -0.580. The number of alkyl halides is 3. The number of nitrogens with zero attached hydrogens (tertiary/aromatic N) is 1. The van der Waals surface area contributed by atoms with Crippen LogP contribution in [0.5, 0.6) is 0 Å². The molecule has 4 rings (SSSR count). The summed E-state index contributed by atoms with van der Waals surface area (Å²) in [4.78, 5) is 26.5. The van der Waals surface area contributed by atoms with E-state index in [-0.39, 0.29) is 18.8 Å². The summed E-state index contributed by atoms with van der Waals surface area (Å²) in [6, 6.07) is 15.7. The van der Waals surface area contributed by atoms with Gasteiger partial charge in [-0.1, -0.05) is 42.5 Å². The maximum atomic E-state index is 13.3. The maximum absolute atomic E-state index is 13.3. The number of nitrogens with one attached hydrogen (secondary N) is 1. The second kappa shape index (κ2) is 8.29. The Bertz CT molecular complexity index is 1110. The monoisotopic (exact) mass is 428 g/mol. The molecule has 2 aromatic carbocycles. The molecular weight excluding hydrogens is 409 g/mol. The van der Waals surface area contributed by atoms with Crippen LogP contribution in [0.3, 0.4) is 0 Å². The molecule has 1 N–H and O–H groups in total. The fraction of sp³-hybridized carbons (Fsp3) is 0.217. The predicted octanol–water partition coefficient (Wildman–Crippen LogP) is 4.43. The van der Waals surface area contributed by atoms with Crippen molar-refractivity contribution in [2.45, 2.75) is 25.7 Å². The minimum Gasteiger partial charge on any atom is -0.454 e.